The van der Waals surface area contributed by atoms with Gasteiger partial charge in [-0.3, -0.25) is 4.90 Å². The highest BCUT2D eigenvalue weighted by Gasteiger charge is 2.21. The first-order valence-corrected chi connectivity index (χ1v) is 6.82. The lowest BCUT2D eigenvalue weighted by Gasteiger charge is -2.34. The maximum absolute atomic E-state index is 4.30. The molecule has 0 aromatic carbocycles. The average molecular weight is 225 g/mol. The molecule has 1 unspecified atom stereocenters. The van der Waals surface area contributed by atoms with Crippen LogP contribution in [0.3, 0.4) is 0 Å². The highest BCUT2D eigenvalue weighted by Crippen LogP contribution is 2.23. The summed E-state index contributed by atoms with van der Waals surface area (Å²) in [6, 6.07) is 1.16. The van der Waals surface area contributed by atoms with Crippen LogP contribution in [-0.2, 0) is 0 Å². The molecular formula is C15H31N. The molecule has 1 atom stereocenters. The number of hydrogen-bond acceptors (Lipinski definition) is 1. The molecule has 0 saturated heterocycles. The lowest BCUT2D eigenvalue weighted by Crippen LogP contribution is -2.39. The molecule has 0 aliphatic carbocycles. The van der Waals surface area contributed by atoms with Crippen molar-refractivity contribution in [1.29, 1.82) is 0 Å². The summed E-state index contributed by atoms with van der Waals surface area (Å²) >= 11 is 0. The molecule has 0 rings (SSSR count). The Morgan fingerprint density at radius 3 is 2.06 bits per heavy atom. The van der Waals surface area contributed by atoms with E-state index < -0.39 is 0 Å². The summed E-state index contributed by atoms with van der Waals surface area (Å²) in [7, 11) is 2.23. The summed E-state index contributed by atoms with van der Waals surface area (Å²) in [4.78, 5) is 2.47. The third-order valence-electron chi connectivity index (χ3n) is 3.56. The highest BCUT2D eigenvalue weighted by molar-refractivity contribution is 5.08. The van der Waals surface area contributed by atoms with Crippen molar-refractivity contribution in [2.45, 2.75) is 72.4 Å². The summed E-state index contributed by atoms with van der Waals surface area (Å²) in [5, 5.41) is 0. The molecule has 0 heterocycles. The largest absolute Gasteiger partial charge is 0.297 e. The summed E-state index contributed by atoms with van der Waals surface area (Å²) in [5.41, 5.74) is 1.40. The molecule has 0 aromatic rings. The Bertz CT molecular complexity index is 194. The van der Waals surface area contributed by atoms with E-state index in [2.05, 4.69) is 53.1 Å². The zero-order chi connectivity index (χ0) is 12.7. The second kappa shape index (κ2) is 7.89. The zero-order valence-corrected chi connectivity index (χ0v) is 12.2. The minimum atomic E-state index is 0.562. The van der Waals surface area contributed by atoms with Gasteiger partial charge in [0.05, 0.1) is 0 Å². The van der Waals surface area contributed by atoms with Crippen molar-refractivity contribution in [3.05, 3.63) is 12.2 Å². The van der Waals surface area contributed by atoms with Crippen molar-refractivity contribution in [1.82, 2.24) is 4.90 Å². The molecular weight excluding hydrogens is 194 g/mol. The van der Waals surface area contributed by atoms with Crippen molar-refractivity contribution < 1.29 is 0 Å². The van der Waals surface area contributed by atoms with E-state index in [1.165, 1.54) is 31.3 Å². The molecule has 0 radical (unpaired) electrons. The lowest BCUT2D eigenvalue weighted by atomic mass is 9.91. The second-order valence-electron chi connectivity index (χ2n) is 5.50. The lowest BCUT2D eigenvalue weighted by molar-refractivity contribution is 0.200. The first kappa shape index (κ1) is 15.7. The minimum Gasteiger partial charge on any atom is -0.297 e. The average Bonchev–Trinajstić information content (AvgIpc) is 2.22. The topological polar surface area (TPSA) is 3.24 Å². The number of rotatable bonds is 8. The molecule has 0 bridgehead atoms. The van der Waals surface area contributed by atoms with Crippen LogP contribution in [0.5, 0.6) is 0 Å². The summed E-state index contributed by atoms with van der Waals surface area (Å²) < 4.78 is 0. The van der Waals surface area contributed by atoms with Gasteiger partial charge in [-0.1, -0.05) is 52.2 Å². The van der Waals surface area contributed by atoms with Gasteiger partial charge in [0.15, 0.2) is 0 Å². The number of unbranched alkanes of at least 4 members (excludes halogenated alkanes) is 2. The standard InChI is InChI=1S/C15H31N/c1-8-9-10-11-15(14(6)12(2)3)16(7)13(4)5/h12-13,15H,6,8-11H2,1-5,7H3. The van der Waals surface area contributed by atoms with Crippen LogP contribution in [0.15, 0.2) is 12.2 Å². The van der Waals surface area contributed by atoms with Gasteiger partial charge in [0, 0.05) is 12.1 Å². The zero-order valence-electron chi connectivity index (χ0n) is 12.2. The van der Waals surface area contributed by atoms with Crippen molar-refractivity contribution in [3.63, 3.8) is 0 Å². The van der Waals surface area contributed by atoms with Gasteiger partial charge in [-0.05, 0) is 33.2 Å². The van der Waals surface area contributed by atoms with Crippen molar-refractivity contribution in [3.8, 4) is 0 Å². The Morgan fingerprint density at radius 1 is 1.12 bits per heavy atom. The van der Waals surface area contributed by atoms with Gasteiger partial charge in [-0.2, -0.15) is 0 Å². The summed E-state index contributed by atoms with van der Waals surface area (Å²) in [5.74, 6) is 0.591. The van der Waals surface area contributed by atoms with Crippen LogP contribution in [-0.4, -0.2) is 24.0 Å². The normalized spacial score (nSPS) is 13.8. The highest BCUT2D eigenvalue weighted by atomic mass is 15.1. The van der Waals surface area contributed by atoms with Crippen LogP contribution in [0, 0.1) is 5.92 Å². The maximum Gasteiger partial charge on any atom is 0.0307 e. The van der Waals surface area contributed by atoms with Gasteiger partial charge in [0.2, 0.25) is 0 Å². The molecule has 0 aromatic heterocycles. The first-order valence-electron chi connectivity index (χ1n) is 6.82. The molecule has 1 heteroatoms. The van der Waals surface area contributed by atoms with Crippen LogP contribution in [0.25, 0.3) is 0 Å². The SMILES string of the molecule is C=C(C(C)C)C(CCCCC)N(C)C(C)C. The molecule has 0 fully saturated rings. The van der Waals surface area contributed by atoms with Gasteiger partial charge < -0.3 is 0 Å². The number of likely N-dealkylation sites (N-methyl/N-ethyl adjacent to an activating group) is 1. The molecule has 0 amide bonds. The van der Waals surface area contributed by atoms with E-state index in [0.717, 1.165) is 0 Å². The Kier molecular flexibility index (Phi) is 7.74. The maximum atomic E-state index is 4.30. The molecule has 16 heavy (non-hydrogen) atoms. The van der Waals surface area contributed by atoms with Crippen LogP contribution in [0.4, 0.5) is 0 Å². The van der Waals surface area contributed by atoms with Gasteiger partial charge >= 0.3 is 0 Å². The fourth-order valence-corrected chi connectivity index (χ4v) is 1.98. The fraction of sp³-hybridized carbons (Fsp3) is 0.867. The first-order chi connectivity index (χ1) is 7.41. The van der Waals surface area contributed by atoms with Gasteiger partial charge in [0.1, 0.15) is 0 Å². The smallest absolute Gasteiger partial charge is 0.0307 e. The predicted molar refractivity (Wildman–Crippen MR) is 74.8 cm³/mol. The van der Waals surface area contributed by atoms with Crippen LogP contribution in [0.2, 0.25) is 0 Å². The van der Waals surface area contributed by atoms with Crippen molar-refractivity contribution in [2.24, 2.45) is 5.92 Å². The molecule has 0 aliphatic rings. The van der Waals surface area contributed by atoms with Gasteiger partial charge in [0.25, 0.3) is 0 Å². The van der Waals surface area contributed by atoms with E-state index in [-0.39, 0.29) is 0 Å². The van der Waals surface area contributed by atoms with Crippen molar-refractivity contribution in [2.75, 3.05) is 7.05 Å². The second-order valence-corrected chi connectivity index (χ2v) is 5.50. The molecule has 0 aliphatic heterocycles. The molecule has 0 N–H and O–H groups in total. The van der Waals surface area contributed by atoms with Crippen LogP contribution < -0.4 is 0 Å². The van der Waals surface area contributed by atoms with E-state index >= 15 is 0 Å². The molecule has 1 nitrogen and oxygen atoms in total. The van der Waals surface area contributed by atoms with E-state index in [1.54, 1.807) is 0 Å². The molecule has 0 saturated carbocycles. The Balaban J connectivity index is 4.44. The quantitative estimate of drug-likeness (QED) is 0.434. The van der Waals surface area contributed by atoms with E-state index in [9.17, 15) is 0 Å². The minimum absolute atomic E-state index is 0.562. The Morgan fingerprint density at radius 2 is 1.69 bits per heavy atom. The number of hydrogen-bond donors (Lipinski definition) is 0. The van der Waals surface area contributed by atoms with Gasteiger partial charge in [-0.25, -0.2) is 0 Å². The Hall–Kier alpha value is -0.300. The monoisotopic (exact) mass is 225 g/mol. The van der Waals surface area contributed by atoms with Gasteiger partial charge in [-0.15, -0.1) is 0 Å². The van der Waals surface area contributed by atoms with Crippen LogP contribution >= 0.6 is 0 Å². The third kappa shape index (κ3) is 5.16. The number of nitrogens with zero attached hydrogens (tertiary/aromatic N) is 1. The van der Waals surface area contributed by atoms with E-state index in [4.69, 9.17) is 0 Å². The third-order valence-corrected chi connectivity index (χ3v) is 3.56. The summed E-state index contributed by atoms with van der Waals surface area (Å²) in [6.07, 6.45) is 5.23. The van der Waals surface area contributed by atoms with Crippen molar-refractivity contribution >= 4 is 0 Å². The van der Waals surface area contributed by atoms with E-state index in [1.807, 2.05) is 0 Å². The van der Waals surface area contributed by atoms with Crippen LogP contribution in [0.1, 0.15) is 60.3 Å². The fourth-order valence-electron chi connectivity index (χ4n) is 1.98. The molecule has 96 valence electrons. The van der Waals surface area contributed by atoms with E-state index in [0.29, 0.717) is 18.0 Å². The Labute approximate surface area is 103 Å². The predicted octanol–water partition coefficient (Wildman–Crippen LogP) is 4.49. The molecule has 0 spiro atoms. The summed E-state index contributed by atoms with van der Waals surface area (Å²) in [6.45, 7) is 15.6.